The topological polar surface area (TPSA) is 55.4 Å². The van der Waals surface area contributed by atoms with E-state index in [4.69, 9.17) is 16.3 Å². The summed E-state index contributed by atoms with van der Waals surface area (Å²) in [6.07, 6.45) is 3.39. The van der Waals surface area contributed by atoms with Crippen LogP contribution in [-0.2, 0) is 20.7 Å². The average Bonchev–Trinajstić information content (AvgIpc) is 2.60. The van der Waals surface area contributed by atoms with Gasteiger partial charge < -0.3 is 10.1 Å². The van der Waals surface area contributed by atoms with Crippen molar-refractivity contribution in [2.45, 2.75) is 19.4 Å². The van der Waals surface area contributed by atoms with Gasteiger partial charge in [0, 0.05) is 17.5 Å². The molecule has 0 fully saturated rings. The highest BCUT2D eigenvalue weighted by Crippen LogP contribution is 2.12. The van der Waals surface area contributed by atoms with Gasteiger partial charge in [-0.1, -0.05) is 54.1 Å². The molecular weight excluding hydrogens is 338 g/mol. The van der Waals surface area contributed by atoms with Crippen LogP contribution in [0.15, 0.2) is 60.7 Å². The normalized spacial score (nSPS) is 11.9. The van der Waals surface area contributed by atoms with E-state index in [1.54, 1.807) is 31.2 Å². The van der Waals surface area contributed by atoms with Gasteiger partial charge in [0.2, 0.25) is 5.91 Å². The SMILES string of the molecule is CCOC(=O)C(Cc1ccccc1)NC(=O)/C=C/c1cccc(Cl)c1. The minimum absolute atomic E-state index is 0.262. The van der Waals surface area contributed by atoms with Gasteiger partial charge in [-0.15, -0.1) is 0 Å². The van der Waals surface area contributed by atoms with Gasteiger partial charge in [0.25, 0.3) is 0 Å². The minimum atomic E-state index is -0.737. The quantitative estimate of drug-likeness (QED) is 0.608. The Morgan fingerprint density at radius 1 is 1.16 bits per heavy atom. The molecule has 1 atom stereocenters. The molecule has 2 rings (SSSR count). The molecule has 1 amide bonds. The molecule has 1 N–H and O–H groups in total. The van der Waals surface area contributed by atoms with E-state index in [1.807, 2.05) is 36.4 Å². The van der Waals surface area contributed by atoms with Crippen LogP contribution in [0.2, 0.25) is 5.02 Å². The van der Waals surface area contributed by atoms with Crippen molar-refractivity contribution in [1.29, 1.82) is 0 Å². The summed E-state index contributed by atoms with van der Waals surface area (Å²) in [4.78, 5) is 24.3. The fraction of sp³-hybridized carbons (Fsp3) is 0.200. The van der Waals surface area contributed by atoms with E-state index in [9.17, 15) is 9.59 Å². The zero-order valence-electron chi connectivity index (χ0n) is 13.9. The molecular formula is C20H20ClNO3. The molecule has 5 heteroatoms. The molecule has 2 aromatic rings. The monoisotopic (exact) mass is 357 g/mol. The molecule has 0 spiro atoms. The smallest absolute Gasteiger partial charge is 0.328 e. The van der Waals surface area contributed by atoms with E-state index >= 15 is 0 Å². The molecule has 0 saturated carbocycles. The van der Waals surface area contributed by atoms with E-state index in [-0.39, 0.29) is 12.5 Å². The zero-order chi connectivity index (χ0) is 18.1. The molecule has 0 bridgehead atoms. The van der Waals surface area contributed by atoms with E-state index < -0.39 is 12.0 Å². The minimum Gasteiger partial charge on any atom is -0.464 e. The lowest BCUT2D eigenvalue weighted by Crippen LogP contribution is -2.42. The Bertz CT molecular complexity index is 744. The predicted octanol–water partition coefficient (Wildman–Crippen LogP) is 3.64. The number of nitrogens with one attached hydrogen (secondary N) is 1. The molecule has 0 radical (unpaired) electrons. The maximum atomic E-state index is 12.2. The molecule has 0 aromatic heterocycles. The molecule has 0 aliphatic heterocycles. The maximum Gasteiger partial charge on any atom is 0.328 e. The Labute approximate surface area is 152 Å². The second kappa shape index (κ2) is 9.64. The van der Waals surface area contributed by atoms with Crippen LogP contribution in [0.4, 0.5) is 0 Å². The zero-order valence-corrected chi connectivity index (χ0v) is 14.7. The van der Waals surface area contributed by atoms with Crippen molar-refractivity contribution in [2.24, 2.45) is 0 Å². The van der Waals surface area contributed by atoms with E-state index in [0.29, 0.717) is 11.4 Å². The van der Waals surface area contributed by atoms with Crippen LogP contribution in [0, 0.1) is 0 Å². The highest BCUT2D eigenvalue weighted by Gasteiger charge is 2.21. The van der Waals surface area contributed by atoms with Gasteiger partial charge in [0.05, 0.1) is 6.61 Å². The summed E-state index contributed by atoms with van der Waals surface area (Å²) >= 11 is 5.92. The fourth-order valence-corrected chi connectivity index (χ4v) is 2.49. The van der Waals surface area contributed by atoms with Gasteiger partial charge in [-0.2, -0.15) is 0 Å². The first-order valence-corrected chi connectivity index (χ1v) is 8.41. The number of hydrogen-bond acceptors (Lipinski definition) is 3. The van der Waals surface area contributed by atoms with Crippen molar-refractivity contribution in [3.05, 3.63) is 76.8 Å². The lowest BCUT2D eigenvalue weighted by atomic mass is 10.1. The standard InChI is InChI=1S/C20H20ClNO3/c1-2-25-20(24)18(14-15-7-4-3-5-8-15)22-19(23)12-11-16-9-6-10-17(21)13-16/h3-13,18H,2,14H2,1H3,(H,22,23)/b12-11+. The molecule has 130 valence electrons. The lowest BCUT2D eigenvalue weighted by Gasteiger charge is -2.16. The third kappa shape index (κ3) is 6.43. The van der Waals surface area contributed by atoms with Gasteiger partial charge in [-0.05, 0) is 36.3 Å². The van der Waals surface area contributed by atoms with Crippen molar-refractivity contribution < 1.29 is 14.3 Å². The first kappa shape index (κ1) is 18.7. The van der Waals surface area contributed by atoms with Gasteiger partial charge in [0.15, 0.2) is 0 Å². The second-order valence-corrected chi connectivity index (χ2v) is 5.83. The number of rotatable bonds is 7. The molecule has 4 nitrogen and oxygen atoms in total. The number of halogens is 1. The maximum absolute atomic E-state index is 12.2. The van der Waals surface area contributed by atoms with Crippen LogP contribution in [0.1, 0.15) is 18.1 Å². The highest BCUT2D eigenvalue weighted by molar-refractivity contribution is 6.30. The third-order valence-electron chi connectivity index (χ3n) is 3.45. The Balaban J connectivity index is 2.04. The number of hydrogen-bond donors (Lipinski definition) is 1. The first-order chi connectivity index (χ1) is 12.1. The molecule has 2 aromatic carbocycles. The summed E-state index contributed by atoms with van der Waals surface area (Å²) in [5, 5.41) is 3.30. The van der Waals surface area contributed by atoms with Gasteiger partial charge in [-0.25, -0.2) is 4.79 Å². The number of amides is 1. The first-order valence-electron chi connectivity index (χ1n) is 8.03. The van der Waals surface area contributed by atoms with E-state index in [0.717, 1.165) is 11.1 Å². The third-order valence-corrected chi connectivity index (χ3v) is 3.68. The Kier molecular flexibility index (Phi) is 7.23. The van der Waals surface area contributed by atoms with Crippen LogP contribution in [-0.4, -0.2) is 24.5 Å². The van der Waals surface area contributed by atoms with E-state index in [2.05, 4.69) is 5.32 Å². The van der Waals surface area contributed by atoms with Crippen molar-refractivity contribution in [3.63, 3.8) is 0 Å². The molecule has 0 aliphatic carbocycles. The summed E-state index contributed by atoms with van der Waals surface area (Å²) in [6, 6.07) is 15.9. The summed E-state index contributed by atoms with van der Waals surface area (Å²) in [5.41, 5.74) is 1.75. The number of benzene rings is 2. The van der Waals surface area contributed by atoms with E-state index in [1.165, 1.54) is 6.08 Å². The van der Waals surface area contributed by atoms with Crippen LogP contribution in [0.3, 0.4) is 0 Å². The van der Waals surface area contributed by atoms with Crippen molar-refractivity contribution in [2.75, 3.05) is 6.61 Å². The molecule has 0 saturated heterocycles. The number of carbonyl (C=O) groups is 2. The molecule has 0 aliphatic rings. The Hall–Kier alpha value is -2.59. The molecule has 25 heavy (non-hydrogen) atoms. The lowest BCUT2D eigenvalue weighted by molar-refractivity contribution is -0.146. The second-order valence-electron chi connectivity index (χ2n) is 5.39. The van der Waals surface area contributed by atoms with Crippen LogP contribution >= 0.6 is 11.6 Å². The summed E-state index contributed by atoms with van der Waals surface area (Å²) in [7, 11) is 0. The van der Waals surface area contributed by atoms with Crippen LogP contribution in [0.5, 0.6) is 0 Å². The molecule has 1 unspecified atom stereocenters. The summed E-state index contributed by atoms with van der Waals surface area (Å²) in [5.74, 6) is -0.815. The molecule has 0 heterocycles. The number of esters is 1. The van der Waals surface area contributed by atoms with Gasteiger partial charge in [-0.3, -0.25) is 4.79 Å². The van der Waals surface area contributed by atoms with Crippen LogP contribution < -0.4 is 5.32 Å². The Morgan fingerprint density at radius 3 is 2.60 bits per heavy atom. The average molecular weight is 358 g/mol. The fourth-order valence-electron chi connectivity index (χ4n) is 2.29. The number of ether oxygens (including phenoxy) is 1. The van der Waals surface area contributed by atoms with Crippen molar-refractivity contribution >= 4 is 29.6 Å². The largest absolute Gasteiger partial charge is 0.464 e. The highest BCUT2D eigenvalue weighted by atomic mass is 35.5. The Morgan fingerprint density at radius 2 is 1.92 bits per heavy atom. The predicted molar refractivity (Wildman–Crippen MR) is 99.2 cm³/mol. The number of carbonyl (C=O) groups excluding carboxylic acids is 2. The summed E-state index contributed by atoms with van der Waals surface area (Å²) < 4.78 is 5.06. The van der Waals surface area contributed by atoms with Crippen molar-refractivity contribution in [1.82, 2.24) is 5.32 Å². The van der Waals surface area contributed by atoms with Gasteiger partial charge in [0.1, 0.15) is 6.04 Å². The van der Waals surface area contributed by atoms with Gasteiger partial charge >= 0.3 is 5.97 Å². The summed E-state index contributed by atoms with van der Waals surface area (Å²) in [6.45, 7) is 2.00. The van der Waals surface area contributed by atoms with Crippen molar-refractivity contribution in [3.8, 4) is 0 Å². The van der Waals surface area contributed by atoms with Crippen LogP contribution in [0.25, 0.3) is 6.08 Å².